The third kappa shape index (κ3) is 3.44. The second kappa shape index (κ2) is 6.44. The van der Waals surface area contributed by atoms with Gasteiger partial charge < -0.3 is 10.2 Å². The second-order valence-corrected chi connectivity index (χ2v) is 6.95. The lowest BCUT2D eigenvalue weighted by atomic mass is 10.1. The lowest BCUT2D eigenvalue weighted by Crippen LogP contribution is -2.44. The number of aromatic nitrogens is 2. The van der Waals surface area contributed by atoms with Crippen LogP contribution in [-0.2, 0) is 0 Å². The molecule has 2 aromatic rings. The fraction of sp³-hybridized carbons (Fsp3) is 0.438. The molecule has 1 fully saturated rings. The highest BCUT2D eigenvalue weighted by Gasteiger charge is 2.22. The van der Waals surface area contributed by atoms with Crippen molar-refractivity contribution in [2.24, 2.45) is 0 Å². The molecule has 1 saturated heterocycles. The molecule has 1 aliphatic rings. The van der Waals surface area contributed by atoms with Crippen molar-refractivity contribution in [1.82, 2.24) is 15.3 Å². The van der Waals surface area contributed by atoms with Crippen molar-refractivity contribution in [3.05, 3.63) is 40.0 Å². The summed E-state index contributed by atoms with van der Waals surface area (Å²) in [5.41, 5.74) is 0.931. The number of carbonyl (C=O) groups excluding carboxylic acids is 1. The van der Waals surface area contributed by atoms with Crippen molar-refractivity contribution in [2.75, 3.05) is 18.0 Å². The molecule has 3 heterocycles. The van der Waals surface area contributed by atoms with Crippen LogP contribution < -0.4 is 10.2 Å². The predicted octanol–water partition coefficient (Wildman–Crippen LogP) is 2.55. The number of anilines is 1. The molecular formula is C16H20N4OS. The zero-order valence-electron chi connectivity index (χ0n) is 12.9. The highest BCUT2D eigenvalue weighted by Crippen LogP contribution is 2.19. The Morgan fingerprint density at radius 2 is 2.05 bits per heavy atom. The summed E-state index contributed by atoms with van der Waals surface area (Å²) in [5.74, 6) is 0.977. The smallest absolute Gasteiger partial charge is 0.261 e. The highest BCUT2D eigenvalue weighted by molar-refractivity contribution is 7.13. The first-order valence-corrected chi connectivity index (χ1v) is 8.34. The molecule has 3 rings (SSSR count). The van der Waals surface area contributed by atoms with Crippen molar-refractivity contribution in [3.8, 4) is 0 Å². The Labute approximate surface area is 134 Å². The van der Waals surface area contributed by atoms with E-state index >= 15 is 0 Å². The summed E-state index contributed by atoms with van der Waals surface area (Å²) < 4.78 is 0. The van der Waals surface area contributed by atoms with E-state index in [9.17, 15) is 4.79 Å². The topological polar surface area (TPSA) is 58.1 Å². The number of amides is 1. The van der Waals surface area contributed by atoms with Crippen molar-refractivity contribution < 1.29 is 4.79 Å². The third-order valence-electron chi connectivity index (χ3n) is 3.86. The van der Waals surface area contributed by atoms with Gasteiger partial charge in [0.1, 0.15) is 5.82 Å². The van der Waals surface area contributed by atoms with Crippen LogP contribution in [0.4, 0.5) is 5.82 Å². The minimum absolute atomic E-state index is 0.0481. The van der Waals surface area contributed by atoms with Crippen molar-refractivity contribution in [3.63, 3.8) is 0 Å². The van der Waals surface area contributed by atoms with Crippen LogP contribution in [0.2, 0.25) is 0 Å². The molecular weight excluding hydrogens is 296 g/mol. The number of thiophene rings is 1. The van der Waals surface area contributed by atoms with Crippen LogP contribution in [-0.4, -0.2) is 35.0 Å². The number of carbonyl (C=O) groups is 1. The number of hydrogen-bond donors (Lipinski definition) is 1. The van der Waals surface area contributed by atoms with Crippen molar-refractivity contribution in [2.45, 2.75) is 32.7 Å². The van der Waals surface area contributed by atoms with Crippen LogP contribution in [0.15, 0.2) is 24.5 Å². The molecule has 2 aromatic heterocycles. The third-order valence-corrected chi connectivity index (χ3v) is 4.86. The minimum atomic E-state index is 0.0481. The lowest BCUT2D eigenvalue weighted by molar-refractivity contribution is 0.0935. The molecule has 6 heteroatoms. The summed E-state index contributed by atoms with van der Waals surface area (Å²) in [7, 11) is 0. The van der Waals surface area contributed by atoms with E-state index in [0.29, 0.717) is 0 Å². The van der Waals surface area contributed by atoms with Gasteiger partial charge in [-0.15, -0.1) is 11.3 Å². The molecule has 0 radical (unpaired) electrons. The van der Waals surface area contributed by atoms with Crippen LogP contribution in [0.25, 0.3) is 0 Å². The zero-order chi connectivity index (χ0) is 15.5. The Morgan fingerprint density at radius 3 is 2.68 bits per heavy atom. The first-order chi connectivity index (χ1) is 10.6. The van der Waals surface area contributed by atoms with Crippen LogP contribution in [0.5, 0.6) is 0 Å². The predicted molar refractivity (Wildman–Crippen MR) is 88.5 cm³/mol. The van der Waals surface area contributed by atoms with Gasteiger partial charge in [-0.2, -0.15) is 0 Å². The normalized spacial score (nSPS) is 15.8. The maximum atomic E-state index is 12.2. The summed E-state index contributed by atoms with van der Waals surface area (Å²) in [6.45, 7) is 5.76. The molecule has 0 aromatic carbocycles. The van der Waals surface area contributed by atoms with Gasteiger partial charge in [-0.1, -0.05) is 0 Å². The first-order valence-electron chi connectivity index (χ1n) is 7.53. The fourth-order valence-electron chi connectivity index (χ4n) is 2.67. The molecule has 5 nitrogen and oxygen atoms in total. The number of aryl methyl sites for hydroxylation is 2. The molecule has 0 bridgehead atoms. The summed E-state index contributed by atoms with van der Waals surface area (Å²) in [6, 6.07) is 4.12. The largest absolute Gasteiger partial charge is 0.355 e. The number of nitrogens with zero attached hydrogens (tertiary/aromatic N) is 3. The van der Waals surface area contributed by atoms with Gasteiger partial charge in [0.2, 0.25) is 0 Å². The quantitative estimate of drug-likeness (QED) is 0.945. The average Bonchev–Trinajstić information content (AvgIpc) is 2.95. The zero-order valence-corrected chi connectivity index (χ0v) is 13.7. The highest BCUT2D eigenvalue weighted by atomic mass is 32.1. The summed E-state index contributed by atoms with van der Waals surface area (Å²) in [4.78, 5) is 25.1. The molecule has 0 saturated carbocycles. The fourth-order valence-corrected chi connectivity index (χ4v) is 3.44. The molecule has 0 aliphatic carbocycles. The Balaban J connectivity index is 1.54. The second-order valence-electron chi connectivity index (χ2n) is 5.66. The number of hydrogen-bond acceptors (Lipinski definition) is 5. The molecule has 0 unspecified atom stereocenters. The standard InChI is InChI=1S/C16H20N4OS/c1-11-9-17-10-15(18-11)20-7-5-13(6-8-20)19-16(21)14-4-3-12(2)22-14/h3-4,9-10,13H,5-8H2,1-2H3,(H,19,21). The monoisotopic (exact) mass is 316 g/mol. The Bertz CT molecular complexity index is 662. The molecule has 22 heavy (non-hydrogen) atoms. The summed E-state index contributed by atoms with van der Waals surface area (Å²) in [6.07, 6.45) is 5.44. The van der Waals surface area contributed by atoms with Gasteiger partial charge in [0.25, 0.3) is 5.91 Å². The van der Waals surface area contributed by atoms with Gasteiger partial charge in [0, 0.05) is 30.2 Å². The molecule has 1 N–H and O–H groups in total. The number of piperidine rings is 1. The van der Waals surface area contributed by atoms with Crippen LogP contribution in [0, 0.1) is 13.8 Å². The molecule has 1 aliphatic heterocycles. The van der Waals surface area contributed by atoms with E-state index in [4.69, 9.17) is 0 Å². The van der Waals surface area contributed by atoms with Crippen molar-refractivity contribution in [1.29, 1.82) is 0 Å². The first kappa shape index (κ1) is 15.0. The van der Waals surface area contributed by atoms with E-state index in [2.05, 4.69) is 20.2 Å². The Morgan fingerprint density at radius 1 is 1.27 bits per heavy atom. The van der Waals surface area contributed by atoms with Gasteiger partial charge in [-0.3, -0.25) is 9.78 Å². The summed E-state index contributed by atoms with van der Waals surface area (Å²) in [5, 5.41) is 3.14. The van der Waals surface area contributed by atoms with Gasteiger partial charge in [0.05, 0.1) is 16.8 Å². The van der Waals surface area contributed by atoms with E-state index in [1.807, 2.05) is 26.0 Å². The Hall–Kier alpha value is -1.95. The van der Waals surface area contributed by atoms with Gasteiger partial charge >= 0.3 is 0 Å². The van der Waals surface area contributed by atoms with Gasteiger partial charge in [-0.05, 0) is 38.8 Å². The Kier molecular flexibility index (Phi) is 4.38. The van der Waals surface area contributed by atoms with E-state index < -0.39 is 0 Å². The minimum Gasteiger partial charge on any atom is -0.355 e. The van der Waals surface area contributed by atoms with Gasteiger partial charge in [0.15, 0.2) is 0 Å². The van der Waals surface area contributed by atoms with E-state index in [1.165, 1.54) is 0 Å². The molecule has 0 atom stereocenters. The maximum Gasteiger partial charge on any atom is 0.261 e. The number of rotatable bonds is 3. The lowest BCUT2D eigenvalue weighted by Gasteiger charge is -2.33. The maximum absolute atomic E-state index is 12.2. The summed E-state index contributed by atoms with van der Waals surface area (Å²) >= 11 is 1.54. The van der Waals surface area contributed by atoms with E-state index in [1.54, 1.807) is 23.7 Å². The van der Waals surface area contributed by atoms with Crippen LogP contribution >= 0.6 is 11.3 Å². The van der Waals surface area contributed by atoms with Crippen LogP contribution in [0.3, 0.4) is 0 Å². The van der Waals surface area contributed by atoms with E-state index in [0.717, 1.165) is 47.2 Å². The SMILES string of the molecule is Cc1cncc(N2CCC(NC(=O)c3ccc(C)s3)CC2)n1. The molecule has 0 spiro atoms. The van der Waals surface area contributed by atoms with Crippen LogP contribution in [0.1, 0.15) is 33.1 Å². The molecule has 116 valence electrons. The average molecular weight is 316 g/mol. The number of nitrogens with one attached hydrogen (secondary N) is 1. The van der Waals surface area contributed by atoms with Gasteiger partial charge in [-0.25, -0.2) is 4.98 Å². The van der Waals surface area contributed by atoms with E-state index in [-0.39, 0.29) is 11.9 Å². The molecule has 1 amide bonds. The van der Waals surface area contributed by atoms with Crippen molar-refractivity contribution >= 4 is 23.1 Å².